The smallest absolute Gasteiger partial charge is 0.203 e. The first-order chi connectivity index (χ1) is 19.1. The Labute approximate surface area is 235 Å². The fourth-order valence-electron chi connectivity index (χ4n) is 5.04. The summed E-state index contributed by atoms with van der Waals surface area (Å²) in [7, 11) is 6.54. The van der Waals surface area contributed by atoms with Crippen LogP contribution in [-0.4, -0.2) is 41.7 Å². The van der Waals surface area contributed by atoms with Crippen molar-refractivity contribution in [1.82, 2.24) is 0 Å². The van der Waals surface area contributed by atoms with E-state index in [1.54, 1.807) is 28.4 Å². The molecule has 2 aromatic rings. The summed E-state index contributed by atoms with van der Waals surface area (Å²) in [5.41, 5.74) is 2.04. The summed E-state index contributed by atoms with van der Waals surface area (Å²) in [5.74, 6) is 3.92. The minimum absolute atomic E-state index is 0.0927. The van der Waals surface area contributed by atoms with Crippen molar-refractivity contribution in [2.75, 3.05) is 41.7 Å². The second-order valence-electron chi connectivity index (χ2n) is 10.0. The van der Waals surface area contributed by atoms with E-state index in [-0.39, 0.29) is 12.2 Å². The number of benzene rings is 2. The molecule has 1 fully saturated rings. The second-order valence-corrected chi connectivity index (χ2v) is 10.0. The van der Waals surface area contributed by atoms with Gasteiger partial charge in [-0.2, -0.15) is 0 Å². The summed E-state index contributed by atoms with van der Waals surface area (Å²) in [4.78, 5) is 0. The van der Waals surface area contributed by atoms with Crippen molar-refractivity contribution in [3.8, 4) is 34.5 Å². The van der Waals surface area contributed by atoms with Gasteiger partial charge >= 0.3 is 0 Å². The zero-order chi connectivity index (χ0) is 28.0. The number of unbranched alkanes of at least 4 members (excludes halogenated alkanes) is 6. The number of hydrogen-bond donors (Lipinski definition) is 0. The Hall–Kier alpha value is -2.80. The van der Waals surface area contributed by atoms with Crippen LogP contribution in [0.1, 0.15) is 101 Å². The lowest BCUT2D eigenvalue weighted by atomic mass is 10.0. The second kappa shape index (κ2) is 16.3. The molecule has 2 atom stereocenters. The zero-order valence-corrected chi connectivity index (χ0v) is 24.8. The van der Waals surface area contributed by atoms with Gasteiger partial charge in [0.2, 0.25) is 11.5 Å². The van der Waals surface area contributed by atoms with Gasteiger partial charge in [0.05, 0.1) is 53.9 Å². The molecule has 7 heteroatoms. The van der Waals surface area contributed by atoms with E-state index < -0.39 is 0 Å². The molecule has 2 aromatic carbocycles. The fraction of sp³-hybridized carbons (Fsp3) is 0.625. The van der Waals surface area contributed by atoms with Crippen molar-refractivity contribution in [1.29, 1.82) is 0 Å². The van der Waals surface area contributed by atoms with Crippen LogP contribution in [0.25, 0.3) is 0 Å². The van der Waals surface area contributed by atoms with Crippen LogP contribution in [0, 0.1) is 0 Å². The highest BCUT2D eigenvalue weighted by molar-refractivity contribution is 5.55. The van der Waals surface area contributed by atoms with Gasteiger partial charge < -0.3 is 33.2 Å². The lowest BCUT2D eigenvalue weighted by Crippen LogP contribution is -2.06. The lowest BCUT2D eigenvalue weighted by molar-refractivity contribution is 0.0434. The van der Waals surface area contributed by atoms with Crippen molar-refractivity contribution < 1.29 is 33.2 Å². The van der Waals surface area contributed by atoms with Crippen LogP contribution in [0.4, 0.5) is 0 Å². The van der Waals surface area contributed by atoms with Gasteiger partial charge in [-0.1, -0.05) is 52.4 Å². The predicted octanol–water partition coefficient (Wildman–Crippen LogP) is 8.23. The van der Waals surface area contributed by atoms with Crippen LogP contribution in [-0.2, 0) is 4.74 Å². The standard InChI is InChI=1S/C32H48O7/c1-7-9-11-13-17-37-29-21-24(22-30(32(29)36-6)38-18-14-12-10-8-2)26-16-15-25(39-26)23-19-27(33-3)31(35-5)28(20-23)34-4/h19-22,25-26H,7-18H2,1-6H3/t25-,26-/m0/s1. The van der Waals surface area contributed by atoms with E-state index in [1.165, 1.54) is 25.7 Å². The minimum Gasteiger partial charge on any atom is -0.493 e. The Morgan fingerprint density at radius 2 is 0.974 bits per heavy atom. The van der Waals surface area contributed by atoms with Crippen molar-refractivity contribution in [3.63, 3.8) is 0 Å². The van der Waals surface area contributed by atoms with Crippen molar-refractivity contribution in [2.45, 2.75) is 90.3 Å². The molecule has 0 unspecified atom stereocenters. The third kappa shape index (κ3) is 8.34. The van der Waals surface area contributed by atoms with E-state index in [4.69, 9.17) is 33.2 Å². The Morgan fingerprint density at radius 3 is 1.36 bits per heavy atom. The van der Waals surface area contributed by atoms with Crippen molar-refractivity contribution >= 4 is 0 Å². The fourth-order valence-corrected chi connectivity index (χ4v) is 5.04. The molecular weight excluding hydrogens is 496 g/mol. The van der Waals surface area contributed by atoms with E-state index >= 15 is 0 Å². The maximum absolute atomic E-state index is 6.60. The molecule has 0 N–H and O–H groups in total. The van der Waals surface area contributed by atoms with E-state index in [2.05, 4.69) is 26.0 Å². The molecule has 3 rings (SSSR count). The molecule has 1 aliphatic heterocycles. The number of rotatable bonds is 18. The molecule has 0 spiro atoms. The van der Waals surface area contributed by atoms with E-state index in [0.717, 1.165) is 61.2 Å². The molecule has 7 nitrogen and oxygen atoms in total. The van der Waals surface area contributed by atoms with Gasteiger partial charge in [-0.3, -0.25) is 0 Å². The first kappa shape index (κ1) is 30.7. The molecule has 39 heavy (non-hydrogen) atoms. The van der Waals surface area contributed by atoms with E-state index in [9.17, 15) is 0 Å². The SMILES string of the molecule is CCCCCCOc1cc([C@@H]2CC[C@@H](c3cc(OC)c(OC)c(OC)c3)O2)cc(OCCCCCC)c1OC. The van der Waals surface area contributed by atoms with Gasteiger partial charge in [-0.15, -0.1) is 0 Å². The van der Waals surface area contributed by atoms with Gasteiger partial charge in [0.15, 0.2) is 23.0 Å². The van der Waals surface area contributed by atoms with E-state index in [0.29, 0.717) is 36.2 Å². The summed E-state index contributed by atoms with van der Waals surface area (Å²) < 4.78 is 41.5. The lowest BCUT2D eigenvalue weighted by Gasteiger charge is -2.21. The molecule has 0 bridgehead atoms. The molecule has 0 amide bonds. The average Bonchev–Trinajstić information content (AvgIpc) is 3.46. The highest BCUT2D eigenvalue weighted by Gasteiger charge is 2.31. The number of hydrogen-bond acceptors (Lipinski definition) is 7. The van der Waals surface area contributed by atoms with Crippen LogP contribution in [0.5, 0.6) is 34.5 Å². The summed E-state index contributed by atoms with van der Waals surface area (Å²) in [5, 5.41) is 0. The summed E-state index contributed by atoms with van der Waals surface area (Å²) in [6.45, 7) is 5.72. The topological polar surface area (TPSA) is 64.6 Å². The molecule has 0 aromatic heterocycles. The summed E-state index contributed by atoms with van der Waals surface area (Å²) in [6.07, 6.45) is 10.7. The molecular formula is C32H48O7. The van der Waals surface area contributed by atoms with E-state index in [1.807, 2.05) is 12.1 Å². The van der Waals surface area contributed by atoms with Crippen molar-refractivity contribution in [3.05, 3.63) is 35.4 Å². The average molecular weight is 545 g/mol. The maximum Gasteiger partial charge on any atom is 0.203 e. The first-order valence-corrected chi connectivity index (χ1v) is 14.5. The molecule has 1 aliphatic rings. The largest absolute Gasteiger partial charge is 0.493 e. The quantitative estimate of drug-likeness (QED) is 0.175. The predicted molar refractivity (Wildman–Crippen MR) is 154 cm³/mol. The zero-order valence-electron chi connectivity index (χ0n) is 24.8. The normalized spacial score (nSPS) is 16.7. The highest BCUT2D eigenvalue weighted by Crippen LogP contribution is 2.48. The van der Waals surface area contributed by atoms with Crippen LogP contribution < -0.4 is 28.4 Å². The Morgan fingerprint density at radius 1 is 0.564 bits per heavy atom. The summed E-state index contributed by atoms with van der Waals surface area (Å²) >= 11 is 0. The van der Waals surface area contributed by atoms with Crippen LogP contribution in [0.2, 0.25) is 0 Å². The number of methoxy groups -OCH3 is 4. The van der Waals surface area contributed by atoms with Crippen molar-refractivity contribution in [2.24, 2.45) is 0 Å². The third-order valence-electron chi connectivity index (χ3n) is 7.21. The van der Waals surface area contributed by atoms with Crippen LogP contribution in [0.15, 0.2) is 24.3 Å². The summed E-state index contributed by atoms with van der Waals surface area (Å²) in [6, 6.07) is 8.06. The minimum atomic E-state index is -0.0948. The maximum atomic E-state index is 6.60. The van der Waals surface area contributed by atoms with Gasteiger partial charge in [0.25, 0.3) is 0 Å². The first-order valence-electron chi connectivity index (χ1n) is 14.5. The molecule has 0 radical (unpaired) electrons. The monoisotopic (exact) mass is 544 g/mol. The molecule has 1 saturated heterocycles. The third-order valence-corrected chi connectivity index (χ3v) is 7.21. The Bertz CT molecular complexity index is 946. The molecule has 0 saturated carbocycles. The van der Waals surface area contributed by atoms with Crippen LogP contribution in [0.3, 0.4) is 0 Å². The van der Waals surface area contributed by atoms with Gasteiger partial charge in [-0.05, 0) is 61.1 Å². The Kier molecular flexibility index (Phi) is 12.9. The van der Waals surface area contributed by atoms with Gasteiger partial charge in [0.1, 0.15) is 0 Å². The molecule has 1 heterocycles. The van der Waals surface area contributed by atoms with Gasteiger partial charge in [-0.25, -0.2) is 0 Å². The van der Waals surface area contributed by atoms with Gasteiger partial charge in [0, 0.05) is 0 Å². The molecule has 0 aliphatic carbocycles. The Balaban J connectivity index is 1.82. The highest BCUT2D eigenvalue weighted by atomic mass is 16.5. The molecule has 218 valence electrons. The van der Waals surface area contributed by atoms with Crippen LogP contribution >= 0.6 is 0 Å². The number of ether oxygens (including phenoxy) is 7.